The predicted molar refractivity (Wildman–Crippen MR) is 96.6 cm³/mol. The van der Waals surface area contributed by atoms with E-state index in [4.69, 9.17) is 4.74 Å². The van der Waals surface area contributed by atoms with Crippen molar-refractivity contribution in [2.45, 2.75) is 39.2 Å². The van der Waals surface area contributed by atoms with E-state index in [0.29, 0.717) is 12.2 Å². The SMILES string of the molecule is CCCOc1ccc(C(=O)CCC(=O)NC(C)c2ccncc2)cc1. The second kappa shape index (κ2) is 9.57. The first kappa shape index (κ1) is 18.6. The summed E-state index contributed by atoms with van der Waals surface area (Å²) in [7, 11) is 0. The van der Waals surface area contributed by atoms with Crippen LogP contribution in [0.25, 0.3) is 0 Å². The van der Waals surface area contributed by atoms with Crippen molar-refractivity contribution >= 4 is 11.7 Å². The molecule has 1 unspecified atom stereocenters. The third-order valence-electron chi connectivity index (χ3n) is 3.81. The van der Waals surface area contributed by atoms with Crippen LogP contribution in [0.5, 0.6) is 5.75 Å². The lowest BCUT2D eigenvalue weighted by atomic mass is 10.1. The molecule has 0 spiro atoms. The maximum atomic E-state index is 12.2. The van der Waals surface area contributed by atoms with Gasteiger partial charge in [-0.25, -0.2) is 0 Å². The predicted octanol–water partition coefficient (Wildman–Crippen LogP) is 3.71. The van der Waals surface area contributed by atoms with Crippen LogP contribution in [0.3, 0.4) is 0 Å². The zero-order valence-corrected chi connectivity index (χ0v) is 14.7. The minimum Gasteiger partial charge on any atom is -0.494 e. The van der Waals surface area contributed by atoms with Gasteiger partial charge in [0, 0.05) is 30.8 Å². The van der Waals surface area contributed by atoms with E-state index < -0.39 is 0 Å². The van der Waals surface area contributed by atoms with Crippen molar-refractivity contribution < 1.29 is 14.3 Å². The number of nitrogens with zero attached hydrogens (tertiary/aromatic N) is 1. The normalized spacial score (nSPS) is 11.6. The molecular weight excluding hydrogens is 316 g/mol. The average molecular weight is 340 g/mol. The molecule has 5 heteroatoms. The lowest BCUT2D eigenvalue weighted by molar-refractivity contribution is -0.121. The molecule has 0 radical (unpaired) electrons. The smallest absolute Gasteiger partial charge is 0.220 e. The molecule has 5 nitrogen and oxygen atoms in total. The molecule has 0 saturated heterocycles. The van der Waals surface area contributed by atoms with Crippen LogP contribution in [0.4, 0.5) is 0 Å². The van der Waals surface area contributed by atoms with Crippen LogP contribution in [0.15, 0.2) is 48.8 Å². The molecule has 0 aliphatic heterocycles. The third-order valence-corrected chi connectivity index (χ3v) is 3.81. The van der Waals surface area contributed by atoms with Gasteiger partial charge in [-0.15, -0.1) is 0 Å². The molecule has 1 amide bonds. The number of aromatic nitrogens is 1. The van der Waals surface area contributed by atoms with Crippen LogP contribution in [-0.4, -0.2) is 23.3 Å². The van der Waals surface area contributed by atoms with Gasteiger partial charge in [-0.05, 0) is 55.3 Å². The summed E-state index contributed by atoms with van der Waals surface area (Å²) in [6, 6.07) is 10.7. The van der Waals surface area contributed by atoms with Crippen LogP contribution in [0, 0.1) is 0 Å². The number of ether oxygens (including phenoxy) is 1. The van der Waals surface area contributed by atoms with Gasteiger partial charge < -0.3 is 10.1 Å². The van der Waals surface area contributed by atoms with E-state index in [9.17, 15) is 9.59 Å². The fourth-order valence-electron chi connectivity index (χ4n) is 2.38. The zero-order chi connectivity index (χ0) is 18.1. The fraction of sp³-hybridized carbons (Fsp3) is 0.350. The lowest BCUT2D eigenvalue weighted by Gasteiger charge is -2.13. The van der Waals surface area contributed by atoms with Gasteiger partial charge in [0.25, 0.3) is 0 Å². The number of nitrogens with one attached hydrogen (secondary N) is 1. The lowest BCUT2D eigenvalue weighted by Crippen LogP contribution is -2.26. The first-order valence-electron chi connectivity index (χ1n) is 8.55. The molecule has 0 saturated carbocycles. The summed E-state index contributed by atoms with van der Waals surface area (Å²) < 4.78 is 5.49. The Kier molecular flexibility index (Phi) is 7.14. The monoisotopic (exact) mass is 340 g/mol. The summed E-state index contributed by atoms with van der Waals surface area (Å²) in [5, 5.41) is 2.90. The summed E-state index contributed by atoms with van der Waals surface area (Å²) >= 11 is 0. The maximum absolute atomic E-state index is 12.2. The number of Topliss-reactive ketones (excluding diaryl/α,β-unsaturated/α-hetero) is 1. The average Bonchev–Trinajstić information content (AvgIpc) is 2.65. The molecule has 0 aliphatic rings. The largest absolute Gasteiger partial charge is 0.494 e. The van der Waals surface area contributed by atoms with Crippen LogP contribution in [0.1, 0.15) is 55.1 Å². The fourth-order valence-corrected chi connectivity index (χ4v) is 2.38. The van der Waals surface area contributed by atoms with Crippen molar-refractivity contribution in [3.05, 3.63) is 59.9 Å². The Labute approximate surface area is 148 Å². The van der Waals surface area contributed by atoms with Crippen molar-refractivity contribution in [1.29, 1.82) is 0 Å². The van der Waals surface area contributed by atoms with Crippen molar-refractivity contribution in [3.8, 4) is 5.75 Å². The number of carbonyl (C=O) groups is 2. The van der Waals surface area contributed by atoms with Gasteiger partial charge in [-0.1, -0.05) is 6.92 Å². The maximum Gasteiger partial charge on any atom is 0.220 e. The molecule has 2 aromatic rings. The van der Waals surface area contributed by atoms with Crippen LogP contribution < -0.4 is 10.1 Å². The summed E-state index contributed by atoms with van der Waals surface area (Å²) in [6.07, 6.45) is 4.67. The topological polar surface area (TPSA) is 68.3 Å². The Bertz CT molecular complexity index is 684. The number of benzene rings is 1. The quantitative estimate of drug-likeness (QED) is 0.707. The molecule has 25 heavy (non-hydrogen) atoms. The molecule has 1 aromatic heterocycles. The van der Waals surface area contributed by atoms with E-state index in [0.717, 1.165) is 17.7 Å². The molecule has 0 bridgehead atoms. The number of carbonyl (C=O) groups excluding carboxylic acids is 2. The molecule has 1 heterocycles. The van der Waals surface area contributed by atoms with E-state index in [1.165, 1.54) is 0 Å². The third kappa shape index (κ3) is 6.03. The molecule has 1 aromatic carbocycles. The number of hydrogen-bond donors (Lipinski definition) is 1. The van der Waals surface area contributed by atoms with Gasteiger partial charge in [0.1, 0.15) is 5.75 Å². The van der Waals surface area contributed by atoms with E-state index >= 15 is 0 Å². The number of rotatable bonds is 9. The number of hydrogen-bond acceptors (Lipinski definition) is 4. The van der Waals surface area contributed by atoms with Gasteiger partial charge in [-0.2, -0.15) is 0 Å². The molecule has 2 rings (SSSR count). The van der Waals surface area contributed by atoms with Gasteiger partial charge in [0.2, 0.25) is 5.91 Å². The van der Waals surface area contributed by atoms with E-state index in [2.05, 4.69) is 10.3 Å². The van der Waals surface area contributed by atoms with Crippen molar-refractivity contribution in [3.63, 3.8) is 0 Å². The standard InChI is InChI=1S/C20H24N2O3/c1-3-14-25-18-6-4-17(5-7-18)19(23)8-9-20(24)22-15(2)16-10-12-21-13-11-16/h4-7,10-13,15H,3,8-9,14H2,1-2H3,(H,22,24). The van der Waals surface area contributed by atoms with Crippen molar-refractivity contribution in [2.24, 2.45) is 0 Å². The van der Waals surface area contributed by atoms with Gasteiger partial charge in [0.15, 0.2) is 5.78 Å². The summed E-state index contributed by atoms with van der Waals surface area (Å²) in [5.41, 5.74) is 1.58. The number of amides is 1. The molecule has 132 valence electrons. The Morgan fingerprint density at radius 1 is 1.08 bits per heavy atom. The second-order valence-electron chi connectivity index (χ2n) is 5.87. The first-order chi connectivity index (χ1) is 12.1. The number of pyridine rings is 1. The van der Waals surface area contributed by atoms with Crippen LogP contribution in [0.2, 0.25) is 0 Å². The van der Waals surface area contributed by atoms with Crippen LogP contribution >= 0.6 is 0 Å². The van der Waals surface area contributed by atoms with E-state index in [1.807, 2.05) is 26.0 Å². The van der Waals surface area contributed by atoms with Gasteiger partial charge in [-0.3, -0.25) is 14.6 Å². The first-order valence-corrected chi connectivity index (χ1v) is 8.55. The second-order valence-corrected chi connectivity index (χ2v) is 5.87. The highest BCUT2D eigenvalue weighted by atomic mass is 16.5. The van der Waals surface area contributed by atoms with Gasteiger partial charge >= 0.3 is 0 Å². The van der Waals surface area contributed by atoms with E-state index in [1.54, 1.807) is 36.7 Å². The molecule has 1 N–H and O–H groups in total. The van der Waals surface area contributed by atoms with Crippen molar-refractivity contribution in [2.75, 3.05) is 6.61 Å². The van der Waals surface area contributed by atoms with Crippen LogP contribution in [-0.2, 0) is 4.79 Å². The van der Waals surface area contributed by atoms with Crippen molar-refractivity contribution in [1.82, 2.24) is 10.3 Å². The Morgan fingerprint density at radius 3 is 2.40 bits per heavy atom. The Balaban J connectivity index is 1.80. The molecule has 0 fully saturated rings. The van der Waals surface area contributed by atoms with Gasteiger partial charge in [0.05, 0.1) is 12.6 Å². The summed E-state index contributed by atoms with van der Waals surface area (Å²) in [6.45, 7) is 4.60. The molecule has 1 atom stereocenters. The Hall–Kier alpha value is -2.69. The zero-order valence-electron chi connectivity index (χ0n) is 14.7. The molecule has 0 aliphatic carbocycles. The summed E-state index contributed by atoms with van der Waals surface area (Å²) in [4.78, 5) is 28.2. The highest BCUT2D eigenvalue weighted by Gasteiger charge is 2.12. The highest BCUT2D eigenvalue weighted by Crippen LogP contribution is 2.15. The minimum atomic E-state index is -0.138. The molecular formula is C20H24N2O3. The minimum absolute atomic E-state index is 0.0474. The van der Waals surface area contributed by atoms with E-state index in [-0.39, 0.29) is 30.6 Å². The highest BCUT2D eigenvalue weighted by molar-refractivity contribution is 5.98. The number of ketones is 1. The summed E-state index contributed by atoms with van der Waals surface area (Å²) in [5.74, 6) is 0.566. The Morgan fingerprint density at radius 2 is 1.76 bits per heavy atom.